The summed E-state index contributed by atoms with van der Waals surface area (Å²) in [7, 11) is -4.38. The predicted molar refractivity (Wildman–Crippen MR) is 58.1 cm³/mol. The number of aliphatic carboxylic acids is 1. The summed E-state index contributed by atoms with van der Waals surface area (Å²) in [5, 5.41) is 8.12. The van der Waals surface area contributed by atoms with Crippen LogP contribution < -0.4 is 0 Å². The lowest BCUT2D eigenvalue weighted by Gasteiger charge is -2.19. The molecular weight excluding hydrogens is 287 g/mol. The molecule has 106 valence electrons. The van der Waals surface area contributed by atoms with Gasteiger partial charge in [-0.25, -0.2) is 13.4 Å². The lowest BCUT2D eigenvalue weighted by Crippen LogP contribution is -2.40. The normalized spacial score (nSPS) is 13.3. The van der Waals surface area contributed by atoms with E-state index >= 15 is 0 Å². The van der Waals surface area contributed by atoms with Crippen LogP contribution in [0.5, 0.6) is 0 Å². The van der Waals surface area contributed by atoms with E-state index in [9.17, 15) is 26.4 Å². The molecule has 0 radical (unpaired) electrons. The van der Waals surface area contributed by atoms with Crippen LogP contribution in [-0.4, -0.2) is 29.2 Å². The lowest BCUT2D eigenvalue weighted by molar-refractivity contribution is -0.139. The van der Waals surface area contributed by atoms with E-state index in [1.807, 2.05) is 0 Å². The molecule has 1 heterocycles. The van der Waals surface area contributed by atoms with Gasteiger partial charge in [0.2, 0.25) is 9.84 Å². The van der Waals surface area contributed by atoms with Crippen molar-refractivity contribution in [3.63, 3.8) is 0 Å². The number of hydrogen-bond acceptors (Lipinski definition) is 4. The topological polar surface area (TPSA) is 84.3 Å². The van der Waals surface area contributed by atoms with Crippen LogP contribution in [0, 0.1) is 0 Å². The molecule has 1 aromatic heterocycles. The van der Waals surface area contributed by atoms with E-state index in [0.29, 0.717) is 18.3 Å². The van der Waals surface area contributed by atoms with Crippen molar-refractivity contribution >= 4 is 15.8 Å². The average Bonchev–Trinajstić information content (AvgIpc) is 2.27. The standard InChI is InChI=1S/C10H10F3NO4S/c1-9(2,8(15)16)19(17,18)7-4-3-6(5-14-7)10(11,12)13/h3-5H,1-2H3,(H,15,16). The number of carboxylic acid groups (broad SMARTS) is 1. The van der Waals surface area contributed by atoms with E-state index < -0.39 is 37.3 Å². The third-order valence-electron chi connectivity index (χ3n) is 2.53. The Labute approximate surface area is 107 Å². The van der Waals surface area contributed by atoms with Gasteiger partial charge in [0.05, 0.1) is 5.56 Å². The zero-order valence-corrected chi connectivity index (χ0v) is 10.7. The van der Waals surface area contributed by atoms with Crippen LogP contribution in [0.3, 0.4) is 0 Å². The van der Waals surface area contributed by atoms with Gasteiger partial charge in [-0.05, 0) is 26.0 Å². The summed E-state index contributed by atoms with van der Waals surface area (Å²) < 4.78 is 58.6. The minimum atomic E-state index is -4.64. The van der Waals surface area contributed by atoms with Gasteiger partial charge in [0.15, 0.2) is 9.77 Å². The van der Waals surface area contributed by atoms with Gasteiger partial charge in [-0.15, -0.1) is 0 Å². The number of carboxylic acids is 1. The number of carbonyl (C=O) groups is 1. The maximum absolute atomic E-state index is 12.3. The molecule has 0 bridgehead atoms. The molecule has 1 rings (SSSR count). The summed E-state index contributed by atoms with van der Waals surface area (Å²) in [6, 6.07) is 1.18. The molecule has 0 fully saturated rings. The molecule has 0 amide bonds. The smallest absolute Gasteiger partial charge is 0.417 e. The number of rotatable bonds is 3. The van der Waals surface area contributed by atoms with Crippen molar-refractivity contribution < 1.29 is 31.5 Å². The number of aromatic nitrogens is 1. The Morgan fingerprint density at radius 2 is 1.79 bits per heavy atom. The fourth-order valence-corrected chi connectivity index (χ4v) is 2.27. The molecule has 0 aliphatic rings. The van der Waals surface area contributed by atoms with Gasteiger partial charge in [-0.1, -0.05) is 0 Å². The van der Waals surface area contributed by atoms with Crippen LogP contribution in [0.1, 0.15) is 19.4 Å². The van der Waals surface area contributed by atoms with Gasteiger partial charge in [0.1, 0.15) is 0 Å². The first-order valence-electron chi connectivity index (χ1n) is 4.92. The molecular formula is C10H10F3NO4S. The van der Waals surface area contributed by atoms with Gasteiger partial charge < -0.3 is 5.11 Å². The quantitative estimate of drug-likeness (QED) is 0.918. The van der Waals surface area contributed by atoms with Crippen LogP contribution in [0.4, 0.5) is 13.2 Å². The molecule has 5 nitrogen and oxygen atoms in total. The summed E-state index contributed by atoms with van der Waals surface area (Å²) in [5.74, 6) is -1.62. The molecule has 0 saturated carbocycles. The van der Waals surface area contributed by atoms with Gasteiger partial charge >= 0.3 is 12.1 Å². The van der Waals surface area contributed by atoms with Gasteiger partial charge in [0.25, 0.3) is 0 Å². The van der Waals surface area contributed by atoms with E-state index in [1.165, 1.54) is 0 Å². The fourth-order valence-electron chi connectivity index (χ4n) is 1.08. The highest BCUT2D eigenvalue weighted by molar-refractivity contribution is 7.93. The zero-order chi connectivity index (χ0) is 15.1. The largest absolute Gasteiger partial charge is 0.480 e. The molecule has 0 saturated heterocycles. The first-order chi connectivity index (χ1) is 8.40. The highest BCUT2D eigenvalue weighted by Gasteiger charge is 2.44. The van der Waals surface area contributed by atoms with Crippen molar-refractivity contribution in [3.8, 4) is 0 Å². The number of alkyl halides is 3. The van der Waals surface area contributed by atoms with Crippen LogP contribution in [0.15, 0.2) is 23.4 Å². The van der Waals surface area contributed by atoms with Crippen molar-refractivity contribution in [3.05, 3.63) is 23.9 Å². The Bertz CT molecular complexity index is 590. The summed E-state index contributed by atoms with van der Waals surface area (Å²) in [5.41, 5.74) is -1.11. The molecule has 0 atom stereocenters. The first kappa shape index (κ1) is 15.4. The monoisotopic (exact) mass is 297 g/mol. The third-order valence-corrected chi connectivity index (χ3v) is 4.84. The number of sulfone groups is 1. The average molecular weight is 297 g/mol. The van der Waals surface area contributed by atoms with E-state index in [1.54, 1.807) is 0 Å². The molecule has 0 aromatic carbocycles. The van der Waals surface area contributed by atoms with E-state index in [0.717, 1.165) is 13.8 Å². The maximum Gasteiger partial charge on any atom is 0.417 e. The molecule has 1 aromatic rings. The minimum absolute atomic E-state index is 0.352. The molecule has 1 N–H and O–H groups in total. The van der Waals surface area contributed by atoms with Crippen LogP contribution >= 0.6 is 0 Å². The van der Waals surface area contributed by atoms with Gasteiger partial charge in [-0.3, -0.25) is 4.79 Å². The summed E-state index contributed by atoms with van der Waals surface area (Å²) in [6.45, 7) is 1.87. The SMILES string of the molecule is CC(C)(C(=O)O)S(=O)(=O)c1ccc(C(F)(F)F)cn1. The maximum atomic E-state index is 12.3. The highest BCUT2D eigenvalue weighted by atomic mass is 32.2. The summed E-state index contributed by atoms with van der Waals surface area (Å²) in [4.78, 5) is 14.1. The highest BCUT2D eigenvalue weighted by Crippen LogP contribution is 2.30. The molecule has 0 aliphatic heterocycles. The second-order valence-electron chi connectivity index (χ2n) is 4.20. The van der Waals surface area contributed by atoms with Crippen molar-refractivity contribution in [2.45, 2.75) is 29.8 Å². The Morgan fingerprint density at radius 1 is 1.26 bits per heavy atom. The summed E-state index contributed by atoms with van der Waals surface area (Å²) >= 11 is 0. The second-order valence-corrected chi connectivity index (χ2v) is 6.65. The van der Waals surface area contributed by atoms with Gasteiger partial charge in [-0.2, -0.15) is 13.2 Å². The van der Waals surface area contributed by atoms with Crippen molar-refractivity contribution in [2.24, 2.45) is 0 Å². The zero-order valence-electron chi connectivity index (χ0n) is 9.89. The van der Waals surface area contributed by atoms with Crippen LogP contribution in [0.2, 0.25) is 0 Å². The molecule has 0 spiro atoms. The Morgan fingerprint density at radius 3 is 2.11 bits per heavy atom. The number of nitrogens with zero attached hydrogens (tertiary/aromatic N) is 1. The van der Waals surface area contributed by atoms with E-state index in [4.69, 9.17) is 5.11 Å². The molecule has 9 heteroatoms. The number of hydrogen-bond donors (Lipinski definition) is 1. The fraction of sp³-hybridized carbons (Fsp3) is 0.400. The number of halogens is 3. The Hall–Kier alpha value is -1.64. The second kappa shape index (κ2) is 4.48. The van der Waals surface area contributed by atoms with Crippen molar-refractivity contribution in [1.82, 2.24) is 4.98 Å². The van der Waals surface area contributed by atoms with Crippen molar-refractivity contribution in [2.75, 3.05) is 0 Å². The van der Waals surface area contributed by atoms with Crippen LogP contribution in [-0.2, 0) is 20.8 Å². The Balaban J connectivity index is 3.29. The van der Waals surface area contributed by atoms with Crippen LogP contribution in [0.25, 0.3) is 0 Å². The summed E-state index contributed by atoms with van der Waals surface area (Å²) in [6.07, 6.45) is -4.29. The minimum Gasteiger partial charge on any atom is -0.480 e. The third kappa shape index (κ3) is 2.70. The van der Waals surface area contributed by atoms with Gasteiger partial charge in [0, 0.05) is 6.20 Å². The first-order valence-corrected chi connectivity index (χ1v) is 6.40. The van der Waals surface area contributed by atoms with E-state index in [-0.39, 0.29) is 0 Å². The predicted octanol–water partition coefficient (Wildman–Crippen LogP) is 1.74. The molecule has 0 aliphatic carbocycles. The number of pyridine rings is 1. The Kier molecular flexibility index (Phi) is 3.63. The van der Waals surface area contributed by atoms with E-state index in [2.05, 4.69) is 4.98 Å². The molecule has 19 heavy (non-hydrogen) atoms. The molecule has 0 unspecified atom stereocenters. The lowest BCUT2D eigenvalue weighted by atomic mass is 10.2. The van der Waals surface area contributed by atoms with Crippen molar-refractivity contribution in [1.29, 1.82) is 0 Å².